The molecule has 5 nitrogen and oxygen atoms in total. The van der Waals surface area contributed by atoms with E-state index < -0.39 is 0 Å². The first-order valence-electron chi connectivity index (χ1n) is 7.54. The van der Waals surface area contributed by atoms with E-state index in [9.17, 15) is 14.0 Å². The van der Waals surface area contributed by atoms with Gasteiger partial charge in [-0.25, -0.2) is 4.39 Å². The van der Waals surface area contributed by atoms with Crippen LogP contribution in [0.15, 0.2) is 24.3 Å². The second-order valence-electron chi connectivity index (χ2n) is 5.55. The molecule has 0 aliphatic carbocycles. The number of likely N-dealkylation sites (tertiary alicyclic amines) is 1. The Balaban J connectivity index is 1.77. The molecular formula is C16H22FN3O2. The molecule has 1 aromatic carbocycles. The minimum atomic E-state index is -0.368. The van der Waals surface area contributed by atoms with Gasteiger partial charge in [-0.3, -0.25) is 9.59 Å². The molecule has 0 bridgehead atoms. The highest BCUT2D eigenvalue weighted by Crippen LogP contribution is 2.09. The molecule has 1 saturated heterocycles. The number of nitrogens with zero attached hydrogens (tertiary/aromatic N) is 1. The van der Waals surface area contributed by atoms with Crippen LogP contribution in [0.1, 0.15) is 18.4 Å². The number of carbonyl (C=O) groups excluding carboxylic acids is 2. The van der Waals surface area contributed by atoms with Crippen LogP contribution in [0.25, 0.3) is 0 Å². The summed E-state index contributed by atoms with van der Waals surface area (Å²) in [5, 5.41) is 5.78. The van der Waals surface area contributed by atoms with Crippen LogP contribution in [0.3, 0.4) is 0 Å². The molecule has 0 saturated carbocycles. The van der Waals surface area contributed by atoms with Crippen LogP contribution >= 0.6 is 0 Å². The van der Waals surface area contributed by atoms with Crippen LogP contribution < -0.4 is 10.6 Å². The highest BCUT2D eigenvalue weighted by Gasteiger charge is 2.22. The average molecular weight is 307 g/mol. The predicted molar refractivity (Wildman–Crippen MR) is 81.8 cm³/mol. The van der Waals surface area contributed by atoms with Gasteiger partial charge in [-0.1, -0.05) is 12.1 Å². The van der Waals surface area contributed by atoms with Gasteiger partial charge in [-0.05, 0) is 37.6 Å². The quantitative estimate of drug-likeness (QED) is 0.841. The van der Waals surface area contributed by atoms with E-state index in [0.29, 0.717) is 18.2 Å². The van der Waals surface area contributed by atoms with Crippen LogP contribution in [0.2, 0.25) is 0 Å². The Labute approximate surface area is 129 Å². The fourth-order valence-electron chi connectivity index (χ4n) is 2.62. The molecular weight excluding hydrogens is 285 g/mol. The topological polar surface area (TPSA) is 61.4 Å². The van der Waals surface area contributed by atoms with Crippen LogP contribution in [0, 0.1) is 5.82 Å². The van der Waals surface area contributed by atoms with Gasteiger partial charge in [0.2, 0.25) is 11.8 Å². The summed E-state index contributed by atoms with van der Waals surface area (Å²) < 4.78 is 13.0. The summed E-state index contributed by atoms with van der Waals surface area (Å²) in [5.74, 6) is -0.721. The highest BCUT2D eigenvalue weighted by atomic mass is 19.1. The third kappa shape index (κ3) is 4.80. The van der Waals surface area contributed by atoms with Gasteiger partial charge in [0.15, 0.2) is 0 Å². The number of hydrogen-bond donors (Lipinski definition) is 2. The number of carbonyl (C=O) groups is 2. The van der Waals surface area contributed by atoms with Crippen molar-refractivity contribution in [3.05, 3.63) is 35.6 Å². The van der Waals surface area contributed by atoms with Crippen molar-refractivity contribution in [3.8, 4) is 0 Å². The molecule has 0 spiro atoms. The van der Waals surface area contributed by atoms with Gasteiger partial charge in [0, 0.05) is 19.1 Å². The molecule has 0 aromatic heterocycles. The van der Waals surface area contributed by atoms with Crippen molar-refractivity contribution >= 4 is 11.8 Å². The summed E-state index contributed by atoms with van der Waals surface area (Å²) in [5.41, 5.74) is 0.596. The minimum absolute atomic E-state index is 0.00934. The molecule has 1 unspecified atom stereocenters. The van der Waals surface area contributed by atoms with Crippen molar-refractivity contribution < 1.29 is 14.0 Å². The molecule has 1 aliphatic heterocycles. The van der Waals surface area contributed by atoms with E-state index in [0.717, 1.165) is 19.4 Å². The van der Waals surface area contributed by atoms with Crippen molar-refractivity contribution in [2.45, 2.75) is 25.3 Å². The number of rotatable bonds is 5. The number of amides is 2. The van der Waals surface area contributed by atoms with Crippen LogP contribution in [0.4, 0.5) is 4.39 Å². The molecule has 1 atom stereocenters. The molecule has 2 amide bonds. The Morgan fingerprint density at radius 2 is 2.23 bits per heavy atom. The van der Waals surface area contributed by atoms with E-state index in [1.807, 2.05) is 7.05 Å². The van der Waals surface area contributed by atoms with E-state index >= 15 is 0 Å². The van der Waals surface area contributed by atoms with E-state index in [1.54, 1.807) is 17.0 Å². The van der Waals surface area contributed by atoms with Gasteiger partial charge in [-0.2, -0.15) is 0 Å². The Bertz CT molecular complexity index is 536. The first-order chi connectivity index (χ1) is 10.6. The summed E-state index contributed by atoms with van der Waals surface area (Å²) in [7, 11) is 1.89. The maximum Gasteiger partial charge on any atom is 0.242 e. The SMILES string of the molecule is CNC1CCCN(C(=O)CNC(=O)Cc2cccc(F)c2)C1. The van der Waals surface area contributed by atoms with Gasteiger partial charge in [0.25, 0.3) is 0 Å². The number of nitrogens with one attached hydrogen (secondary N) is 2. The van der Waals surface area contributed by atoms with Crippen molar-refractivity contribution in [1.82, 2.24) is 15.5 Å². The van der Waals surface area contributed by atoms with Crippen molar-refractivity contribution in [1.29, 1.82) is 0 Å². The highest BCUT2D eigenvalue weighted by molar-refractivity contribution is 5.85. The zero-order valence-corrected chi connectivity index (χ0v) is 12.8. The maximum atomic E-state index is 13.0. The number of benzene rings is 1. The largest absolute Gasteiger partial charge is 0.347 e. The van der Waals surface area contributed by atoms with E-state index in [-0.39, 0.29) is 30.6 Å². The monoisotopic (exact) mass is 307 g/mol. The summed E-state index contributed by atoms with van der Waals surface area (Å²) in [6.45, 7) is 1.40. The lowest BCUT2D eigenvalue weighted by Crippen LogP contribution is -2.49. The normalized spacial score (nSPS) is 18.1. The second-order valence-corrected chi connectivity index (χ2v) is 5.55. The van der Waals surface area contributed by atoms with Gasteiger partial charge in [0.1, 0.15) is 5.82 Å². The zero-order valence-electron chi connectivity index (χ0n) is 12.8. The molecule has 0 radical (unpaired) electrons. The zero-order chi connectivity index (χ0) is 15.9. The fraction of sp³-hybridized carbons (Fsp3) is 0.500. The third-order valence-electron chi connectivity index (χ3n) is 3.87. The predicted octanol–water partition coefficient (Wildman–Crippen LogP) is 0.695. The summed E-state index contributed by atoms with van der Waals surface area (Å²) in [6.07, 6.45) is 2.10. The molecule has 22 heavy (non-hydrogen) atoms. The van der Waals surface area contributed by atoms with Gasteiger partial charge >= 0.3 is 0 Å². The lowest BCUT2D eigenvalue weighted by Gasteiger charge is -2.32. The number of halogens is 1. The Kier molecular flexibility index (Phi) is 5.89. The molecule has 1 aromatic rings. The molecule has 1 heterocycles. The van der Waals surface area contributed by atoms with Gasteiger partial charge in [-0.15, -0.1) is 0 Å². The lowest BCUT2D eigenvalue weighted by molar-refractivity contribution is -0.133. The average Bonchev–Trinajstić information content (AvgIpc) is 2.52. The van der Waals surface area contributed by atoms with Gasteiger partial charge < -0.3 is 15.5 Å². The van der Waals surface area contributed by atoms with Crippen molar-refractivity contribution in [3.63, 3.8) is 0 Å². The van der Waals surface area contributed by atoms with E-state index in [4.69, 9.17) is 0 Å². The van der Waals surface area contributed by atoms with Crippen molar-refractivity contribution in [2.24, 2.45) is 0 Å². The molecule has 2 rings (SSSR count). The van der Waals surface area contributed by atoms with Crippen molar-refractivity contribution in [2.75, 3.05) is 26.7 Å². The smallest absolute Gasteiger partial charge is 0.242 e. The summed E-state index contributed by atoms with van der Waals surface area (Å²) >= 11 is 0. The first-order valence-corrected chi connectivity index (χ1v) is 7.54. The van der Waals surface area contributed by atoms with Crippen LogP contribution in [-0.4, -0.2) is 49.4 Å². The minimum Gasteiger partial charge on any atom is -0.347 e. The standard InChI is InChI=1S/C16H22FN3O2/c1-18-14-6-3-7-20(11-14)16(22)10-19-15(21)9-12-4-2-5-13(17)8-12/h2,4-5,8,14,18H,3,6-7,9-11H2,1H3,(H,19,21). The number of piperidine rings is 1. The molecule has 2 N–H and O–H groups in total. The number of hydrogen-bond acceptors (Lipinski definition) is 3. The molecule has 1 aliphatic rings. The van der Waals surface area contributed by atoms with Gasteiger partial charge in [0.05, 0.1) is 13.0 Å². The fourth-order valence-corrected chi connectivity index (χ4v) is 2.62. The Morgan fingerprint density at radius 3 is 2.95 bits per heavy atom. The van der Waals surface area contributed by atoms with Crippen LogP contribution in [0.5, 0.6) is 0 Å². The summed E-state index contributed by atoms with van der Waals surface area (Å²) in [4.78, 5) is 25.7. The molecule has 1 fully saturated rings. The molecule has 6 heteroatoms. The van der Waals surface area contributed by atoms with E-state index in [2.05, 4.69) is 10.6 Å². The first kappa shape index (κ1) is 16.4. The summed E-state index contributed by atoms with van der Waals surface area (Å²) in [6, 6.07) is 6.23. The maximum absolute atomic E-state index is 13.0. The lowest BCUT2D eigenvalue weighted by atomic mass is 10.1. The Morgan fingerprint density at radius 1 is 1.41 bits per heavy atom. The van der Waals surface area contributed by atoms with Crippen LogP contribution in [-0.2, 0) is 16.0 Å². The molecule has 120 valence electrons. The Hall–Kier alpha value is -1.95. The van der Waals surface area contributed by atoms with E-state index in [1.165, 1.54) is 12.1 Å². The third-order valence-corrected chi connectivity index (χ3v) is 3.87. The second kappa shape index (κ2) is 7.89. The number of likely N-dealkylation sites (N-methyl/N-ethyl adjacent to an activating group) is 1.